The highest BCUT2D eigenvalue weighted by Gasteiger charge is 2.13. The Labute approximate surface area is 121 Å². The zero-order valence-corrected chi connectivity index (χ0v) is 12.4. The molecule has 2 heteroatoms. The van der Waals surface area contributed by atoms with Crippen LogP contribution in [0.3, 0.4) is 0 Å². The van der Waals surface area contributed by atoms with Crippen LogP contribution in [-0.4, -0.2) is 11.5 Å². The maximum absolute atomic E-state index is 4.50. The molecule has 2 aromatic rings. The lowest BCUT2D eigenvalue weighted by Crippen LogP contribution is -2.12. The summed E-state index contributed by atoms with van der Waals surface area (Å²) in [5.74, 6) is 0.936. The smallest absolute Gasteiger partial charge is 0.0751 e. The number of anilines is 1. The number of nitrogens with one attached hydrogen (secondary N) is 1. The second-order valence-electron chi connectivity index (χ2n) is 6.05. The van der Waals surface area contributed by atoms with Crippen molar-refractivity contribution in [3.05, 3.63) is 36.0 Å². The molecule has 20 heavy (non-hydrogen) atoms. The standard InChI is InChI=1S/C18H24N2/c1-14-9-10-17(16-8-5-12-20-18(14)16)19-13-11-15-6-3-2-4-7-15/h5,8-10,12,15,19H,2-4,6-7,11,13H2,1H3. The fourth-order valence-electron chi connectivity index (χ4n) is 3.35. The van der Waals surface area contributed by atoms with E-state index in [1.165, 1.54) is 55.2 Å². The van der Waals surface area contributed by atoms with Crippen LogP contribution in [0.15, 0.2) is 30.5 Å². The first-order valence-corrected chi connectivity index (χ1v) is 7.93. The maximum Gasteiger partial charge on any atom is 0.0751 e. The van der Waals surface area contributed by atoms with Crippen LogP contribution < -0.4 is 5.32 Å². The number of aromatic nitrogens is 1. The van der Waals surface area contributed by atoms with Crippen molar-refractivity contribution in [1.82, 2.24) is 4.98 Å². The summed E-state index contributed by atoms with van der Waals surface area (Å²) in [5.41, 5.74) is 3.60. The Bertz CT molecular complexity index is 571. The molecule has 0 atom stereocenters. The first-order valence-electron chi connectivity index (χ1n) is 7.93. The summed E-state index contributed by atoms with van der Waals surface area (Å²) >= 11 is 0. The average molecular weight is 268 g/mol. The van der Waals surface area contributed by atoms with Gasteiger partial charge in [-0.05, 0) is 43.0 Å². The van der Waals surface area contributed by atoms with Crippen LogP contribution in [0.4, 0.5) is 5.69 Å². The van der Waals surface area contributed by atoms with Crippen LogP contribution in [0.1, 0.15) is 44.1 Å². The molecule has 3 rings (SSSR count). The maximum atomic E-state index is 4.50. The van der Waals surface area contributed by atoms with Gasteiger partial charge in [-0.3, -0.25) is 4.98 Å². The van der Waals surface area contributed by atoms with E-state index in [1.54, 1.807) is 0 Å². The molecule has 1 aliphatic carbocycles. The molecule has 0 aliphatic heterocycles. The number of hydrogen-bond donors (Lipinski definition) is 1. The number of fused-ring (bicyclic) bond motifs is 1. The highest BCUT2D eigenvalue weighted by Crippen LogP contribution is 2.28. The lowest BCUT2D eigenvalue weighted by atomic mass is 9.87. The summed E-state index contributed by atoms with van der Waals surface area (Å²) in [6.07, 6.45) is 10.3. The first kappa shape index (κ1) is 13.4. The number of rotatable bonds is 4. The van der Waals surface area contributed by atoms with Gasteiger partial charge in [-0.2, -0.15) is 0 Å². The zero-order chi connectivity index (χ0) is 13.8. The fraction of sp³-hybridized carbons (Fsp3) is 0.500. The van der Waals surface area contributed by atoms with Crippen molar-refractivity contribution in [3.8, 4) is 0 Å². The van der Waals surface area contributed by atoms with Crippen molar-refractivity contribution in [2.75, 3.05) is 11.9 Å². The minimum atomic E-state index is 0.936. The molecule has 1 aromatic heterocycles. The first-order chi connectivity index (χ1) is 9.84. The molecule has 1 aromatic carbocycles. The Balaban J connectivity index is 1.67. The van der Waals surface area contributed by atoms with Crippen LogP contribution in [0.2, 0.25) is 0 Å². The summed E-state index contributed by atoms with van der Waals surface area (Å²) in [7, 11) is 0. The van der Waals surface area contributed by atoms with E-state index in [-0.39, 0.29) is 0 Å². The van der Waals surface area contributed by atoms with Gasteiger partial charge in [0, 0.05) is 23.8 Å². The molecule has 0 saturated heterocycles. The summed E-state index contributed by atoms with van der Waals surface area (Å²) in [4.78, 5) is 4.50. The molecule has 0 amide bonds. The van der Waals surface area contributed by atoms with Gasteiger partial charge < -0.3 is 5.32 Å². The Hall–Kier alpha value is -1.57. The van der Waals surface area contributed by atoms with Gasteiger partial charge in [-0.1, -0.05) is 38.2 Å². The van der Waals surface area contributed by atoms with Crippen molar-refractivity contribution >= 4 is 16.6 Å². The Morgan fingerprint density at radius 1 is 1.15 bits per heavy atom. The Morgan fingerprint density at radius 2 is 2.00 bits per heavy atom. The molecule has 1 N–H and O–H groups in total. The van der Waals surface area contributed by atoms with Gasteiger partial charge in [0.1, 0.15) is 0 Å². The van der Waals surface area contributed by atoms with Gasteiger partial charge in [-0.15, -0.1) is 0 Å². The van der Waals surface area contributed by atoms with Crippen molar-refractivity contribution in [2.24, 2.45) is 5.92 Å². The molecule has 0 bridgehead atoms. The largest absolute Gasteiger partial charge is 0.384 e. The molecule has 0 radical (unpaired) electrons. The number of benzene rings is 1. The van der Waals surface area contributed by atoms with Gasteiger partial charge in [0.25, 0.3) is 0 Å². The lowest BCUT2D eigenvalue weighted by Gasteiger charge is -2.22. The summed E-state index contributed by atoms with van der Waals surface area (Å²) in [6, 6.07) is 8.55. The van der Waals surface area contributed by atoms with Crippen LogP contribution in [-0.2, 0) is 0 Å². The zero-order valence-electron chi connectivity index (χ0n) is 12.4. The van der Waals surface area contributed by atoms with Crippen molar-refractivity contribution in [2.45, 2.75) is 45.4 Å². The van der Waals surface area contributed by atoms with Gasteiger partial charge in [0.2, 0.25) is 0 Å². The Morgan fingerprint density at radius 3 is 2.85 bits per heavy atom. The van der Waals surface area contributed by atoms with Gasteiger partial charge in [0.15, 0.2) is 0 Å². The normalized spacial score (nSPS) is 16.4. The monoisotopic (exact) mass is 268 g/mol. The minimum Gasteiger partial charge on any atom is -0.384 e. The fourth-order valence-corrected chi connectivity index (χ4v) is 3.35. The molecule has 0 unspecified atom stereocenters. The predicted molar refractivity (Wildman–Crippen MR) is 86.2 cm³/mol. The number of pyridine rings is 1. The van der Waals surface area contributed by atoms with Gasteiger partial charge in [-0.25, -0.2) is 0 Å². The highest BCUT2D eigenvalue weighted by molar-refractivity contribution is 5.93. The van der Waals surface area contributed by atoms with E-state index in [4.69, 9.17) is 0 Å². The molecular formula is C18H24N2. The minimum absolute atomic E-state index is 0.936. The number of nitrogens with zero attached hydrogens (tertiary/aromatic N) is 1. The van der Waals surface area contributed by atoms with Gasteiger partial charge >= 0.3 is 0 Å². The topological polar surface area (TPSA) is 24.9 Å². The molecular weight excluding hydrogens is 244 g/mol. The second-order valence-corrected chi connectivity index (χ2v) is 6.05. The van der Waals surface area contributed by atoms with Crippen molar-refractivity contribution in [1.29, 1.82) is 0 Å². The van der Waals surface area contributed by atoms with E-state index in [9.17, 15) is 0 Å². The third kappa shape index (κ3) is 2.95. The summed E-state index contributed by atoms with van der Waals surface area (Å²) < 4.78 is 0. The SMILES string of the molecule is Cc1ccc(NCCC2CCCCC2)c2cccnc12. The van der Waals surface area contributed by atoms with E-state index >= 15 is 0 Å². The molecule has 2 nitrogen and oxygen atoms in total. The van der Waals surface area contributed by atoms with Crippen molar-refractivity contribution < 1.29 is 0 Å². The average Bonchev–Trinajstić information content (AvgIpc) is 2.51. The van der Waals surface area contributed by atoms with E-state index in [1.807, 2.05) is 12.3 Å². The molecule has 1 fully saturated rings. The summed E-state index contributed by atoms with van der Waals surface area (Å²) in [5, 5.41) is 4.87. The second kappa shape index (κ2) is 6.25. The lowest BCUT2D eigenvalue weighted by molar-refractivity contribution is 0.345. The van der Waals surface area contributed by atoms with Crippen molar-refractivity contribution in [3.63, 3.8) is 0 Å². The van der Waals surface area contributed by atoms with Crippen LogP contribution in [0.5, 0.6) is 0 Å². The summed E-state index contributed by atoms with van der Waals surface area (Å²) in [6.45, 7) is 3.21. The molecule has 106 valence electrons. The van der Waals surface area contributed by atoms with E-state index in [2.05, 4.69) is 35.4 Å². The van der Waals surface area contributed by atoms with Crippen LogP contribution in [0.25, 0.3) is 10.9 Å². The van der Waals surface area contributed by atoms with Gasteiger partial charge in [0.05, 0.1) is 5.52 Å². The highest BCUT2D eigenvalue weighted by atomic mass is 14.9. The van der Waals surface area contributed by atoms with Crippen LogP contribution >= 0.6 is 0 Å². The third-order valence-corrected chi connectivity index (χ3v) is 4.56. The van der Waals surface area contributed by atoms with E-state index in [0.717, 1.165) is 18.0 Å². The van der Waals surface area contributed by atoms with E-state index < -0.39 is 0 Å². The number of hydrogen-bond acceptors (Lipinski definition) is 2. The molecule has 1 aliphatic rings. The quantitative estimate of drug-likeness (QED) is 0.850. The molecule has 0 spiro atoms. The third-order valence-electron chi connectivity index (χ3n) is 4.56. The molecule has 1 heterocycles. The Kier molecular flexibility index (Phi) is 4.19. The predicted octanol–water partition coefficient (Wildman–Crippen LogP) is 4.93. The number of aryl methyl sites for hydroxylation is 1. The van der Waals surface area contributed by atoms with E-state index in [0.29, 0.717) is 0 Å². The van der Waals surface area contributed by atoms with Crippen LogP contribution in [0, 0.1) is 12.8 Å². The molecule has 1 saturated carbocycles.